The normalized spacial score (nSPS) is 15.7. The predicted octanol–water partition coefficient (Wildman–Crippen LogP) is 6.65. The number of rotatable bonds is 8. The Labute approximate surface area is 213 Å². The molecule has 0 bridgehead atoms. The van der Waals surface area contributed by atoms with Crippen LogP contribution in [0.2, 0.25) is 0 Å². The van der Waals surface area contributed by atoms with Crippen LogP contribution in [0.1, 0.15) is 53.3 Å². The number of aryl methyl sites for hydroxylation is 4. The first-order valence-electron chi connectivity index (χ1n) is 12.9. The van der Waals surface area contributed by atoms with Gasteiger partial charge in [0.2, 0.25) is 5.91 Å². The highest BCUT2D eigenvalue weighted by atomic mass is 16.5. The molecule has 0 radical (unpaired) electrons. The van der Waals surface area contributed by atoms with Crippen molar-refractivity contribution >= 4 is 22.6 Å². The number of anilines is 1. The molecule has 1 atom stereocenters. The van der Waals surface area contributed by atoms with E-state index in [1.54, 1.807) is 0 Å². The number of hydrogen-bond donors (Lipinski definition) is 0. The molecule has 4 aromatic rings. The maximum atomic E-state index is 13.1. The van der Waals surface area contributed by atoms with Gasteiger partial charge in [-0.3, -0.25) is 4.79 Å². The molecule has 3 aromatic carbocycles. The van der Waals surface area contributed by atoms with Crippen LogP contribution in [0.25, 0.3) is 11.0 Å². The third-order valence-corrected chi connectivity index (χ3v) is 7.28. The van der Waals surface area contributed by atoms with Gasteiger partial charge >= 0.3 is 0 Å². The van der Waals surface area contributed by atoms with Crippen LogP contribution in [-0.2, 0) is 11.3 Å². The minimum Gasteiger partial charge on any atom is -0.494 e. The van der Waals surface area contributed by atoms with E-state index in [1.807, 2.05) is 17.0 Å². The van der Waals surface area contributed by atoms with Gasteiger partial charge in [-0.1, -0.05) is 30.3 Å². The largest absolute Gasteiger partial charge is 0.494 e. The summed E-state index contributed by atoms with van der Waals surface area (Å²) in [6.45, 7) is 10.6. The number of nitrogens with zero attached hydrogens (tertiary/aromatic N) is 3. The van der Waals surface area contributed by atoms with Gasteiger partial charge in [-0.05, 0) is 93.1 Å². The highest BCUT2D eigenvalue weighted by molar-refractivity contribution is 5.97. The van der Waals surface area contributed by atoms with Crippen LogP contribution >= 0.6 is 0 Å². The summed E-state index contributed by atoms with van der Waals surface area (Å²) in [7, 11) is 0. The van der Waals surface area contributed by atoms with Crippen molar-refractivity contribution in [1.82, 2.24) is 9.55 Å². The van der Waals surface area contributed by atoms with Crippen molar-refractivity contribution in [2.45, 2.75) is 59.4 Å². The second-order valence-electron chi connectivity index (χ2n) is 10.1. The first kappa shape index (κ1) is 24.1. The molecule has 1 amide bonds. The molecule has 0 aliphatic carbocycles. The highest BCUT2D eigenvalue weighted by Crippen LogP contribution is 2.35. The summed E-state index contributed by atoms with van der Waals surface area (Å²) in [5, 5.41) is 0. The summed E-state index contributed by atoms with van der Waals surface area (Å²) in [4.78, 5) is 20.1. The molecular weight excluding hydrogens is 446 g/mol. The van der Waals surface area contributed by atoms with E-state index in [0.717, 1.165) is 47.7 Å². The zero-order chi connectivity index (χ0) is 25.2. The summed E-state index contributed by atoms with van der Waals surface area (Å²) in [6, 6.07) is 20.8. The van der Waals surface area contributed by atoms with Gasteiger partial charge in [-0.25, -0.2) is 4.98 Å². The highest BCUT2D eigenvalue weighted by Gasteiger charge is 2.35. The maximum absolute atomic E-state index is 13.1. The van der Waals surface area contributed by atoms with Gasteiger partial charge in [-0.2, -0.15) is 0 Å². The van der Waals surface area contributed by atoms with E-state index in [0.29, 0.717) is 19.6 Å². The minimum atomic E-state index is 0.0799. The molecule has 2 heterocycles. The molecule has 0 N–H and O–H groups in total. The topological polar surface area (TPSA) is 47.4 Å². The number of carbonyl (C=O) groups is 1. The number of unbranched alkanes of at least 4 members (excludes halogenated alkanes) is 1. The third-order valence-electron chi connectivity index (χ3n) is 7.28. The van der Waals surface area contributed by atoms with Crippen LogP contribution in [0.3, 0.4) is 0 Å². The molecule has 1 aromatic heterocycles. The zero-order valence-electron chi connectivity index (χ0n) is 21.8. The van der Waals surface area contributed by atoms with Crippen molar-refractivity contribution in [3.63, 3.8) is 0 Å². The summed E-state index contributed by atoms with van der Waals surface area (Å²) in [6.07, 6.45) is 2.43. The zero-order valence-corrected chi connectivity index (χ0v) is 21.8. The molecule has 1 saturated heterocycles. The maximum Gasteiger partial charge on any atom is 0.227 e. The number of ether oxygens (including phenoxy) is 1. The molecule has 5 rings (SSSR count). The average molecular weight is 482 g/mol. The second-order valence-corrected chi connectivity index (χ2v) is 10.1. The molecule has 186 valence electrons. The molecule has 1 aliphatic heterocycles. The lowest BCUT2D eigenvalue weighted by molar-refractivity contribution is -0.117. The number of benzene rings is 3. The van der Waals surface area contributed by atoms with E-state index in [9.17, 15) is 4.79 Å². The van der Waals surface area contributed by atoms with E-state index in [-0.39, 0.29) is 11.8 Å². The number of carbonyl (C=O) groups excluding carboxylic acids is 1. The molecule has 1 unspecified atom stereocenters. The van der Waals surface area contributed by atoms with Crippen molar-refractivity contribution in [3.8, 4) is 5.75 Å². The Morgan fingerprint density at radius 1 is 0.944 bits per heavy atom. The van der Waals surface area contributed by atoms with Gasteiger partial charge in [0.1, 0.15) is 11.6 Å². The molecule has 5 heteroatoms. The van der Waals surface area contributed by atoms with E-state index < -0.39 is 0 Å². The van der Waals surface area contributed by atoms with E-state index in [4.69, 9.17) is 9.72 Å². The number of para-hydroxylation sites is 2. The van der Waals surface area contributed by atoms with Crippen LogP contribution < -0.4 is 9.64 Å². The number of amides is 1. The van der Waals surface area contributed by atoms with Crippen molar-refractivity contribution in [2.75, 3.05) is 18.1 Å². The van der Waals surface area contributed by atoms with Gasteiger partial charge in [0.25, 0.3) is 0 Å². The monoisotopic (exact) mass is 481 g/mol. The van der Waals surface area contributed by atoms with Crippen molar-refractivity contribution in [1.29, 1.82) is 0 Å². The van der Waals surface area contributed by atoms with Crippen LogP contribution in [-0.4, -0.2) is 28.6 Å². The van der Waals surface area contributed by atoms with E-state index in [2.05, 4.69) is 80.8 Å². The van der Waals surface area contributed by atoms with Crippen molar-refractivity contribution < 1.29 is 9.53 Å². The average Bonchev–Trinajstić information content (AvgIpc) is 3.40. The van der Waals surface area contributed by atoms with Crippen LogP contribution in [0.15, 0.2) is 60.7 Å². The first-order valence-corrected chi connectivity index (χ1v) is 12.9. The SMILES string of the molecule is Cc1cc(C)cc(OCCCCn2c(C3CC(=O)N(c4cccc(C)c4C)C3)nc3ccccc32)c1. The first-order chi connectivity index (χ1) is 17.4. The lowest BCUT2D eigenvalue weighted by atomic mass is 10.1. The smallest absolute Gasteiger partial charge is 0.227 e. The molecule has 0 saturated carbocycles. The lowest BCUT2D eigenvalue weighted by Gasteiger charge is -2.20. The van der Waals surface area contributed by atoms with Crippen LogP contribution in [0.5, 0.6) is 5.75 Å². The third kappa shape index (κ3) is 4.88. The van der Waals surface area contributed by atoms with Gasteiger partial charge < -0.3 is 14.2 Å². The molecule has 36 heavy (non-hydrogen) atoms. The Balaban J connectivity index is 1.31. The quantitative estimate of drug-likeness (QED) is 0.265. The fraction of sp³-hybridized carbons (Fsp3) is 0.355. The van der Waals surface area contributed by atoms with Gasteiger partial charge in [-0.15, -0.1) is 0 Å². The number of imidazole rings is 1. The molecule has 0 spiro atoms. The molecule has 1 fully saturated rings. The van der Waals surface area contributed by atoms with Gasteiger partial charge in [0, 0.05) is 31.1 Å². The van der Waals surface area contributed by atoms with E-state index in [1.165, 1.54) is 22.3 Å². The Morgan fingerprint density at radius 3 is 2.53 bits per heavy atom. The Bertz CT molecular complexity index is 1380. The Morgan fingerprint density at radius 2 is 1.72 bits per heavy atom. The fourth-order valence-corrected chi connectivity index (χ4v) is 5.36. The molecule has 1 aliphatic rings. The van der Waals surface area contributed by atoms with E-state index >= 15 is 0 Å². The summed E-state index contributed by atoms with van der Waals surface area (Å²) < 4.78 is 8.36. The van der Waals surface area contributed by atoms with Crippen LogP contribution in [0, 0.1) is 27.7 Å². The summed E-state index contributed by atoms with van der Waals surface area (Å²) in [5.41, 5.74) is 7.98. The second kappa shape index (κ2) is 10.2. The van der Waals surface area contributed by atoms with Crippen molar-refractivity contribution in [3.05, 3.63) is 88.7 Å². The number of aromatic nitrogens is 2. The molecule has 5 nitrogen and oxygen atoms in total. The Kier molecular flexibility index (Phi) is 6.82. The summed E-state index contributed by atoms with van der Waals surface area (Å²) in [5.74, 6) is 2.22. The Hall–Kier alpha value is -3.60. The lowest BCUT2D eigenvalue weighted by Crippen LogP contribution is -2.25. The standard InChI is InChI=1S/C31H35N3O2/c1-21-16-22(2)18-26(17-21)36-15-8-7-14-33-29-12-6-5-11-27(29)32-31(33)25-19-30(35)34(20-25)28-13-9-10-23(3)24(28)4/h5-6,9-13,16-18,25H,7-8,14-15,19-20H2,1-4H3. The van der Waals surface area contributed by atoms with Gasteiger partial charge in [0.05, 0.1) is 17.6 Å². The summed E-state index contributed by atoms with van der Waals surface area (Å²) >= 11 is 0. The van der Waals surface area contributed by atoms with Crippen molar-refractivity contribution in [2.24, 2.45) is 0 Å². The number of fused-ring (bicyclic) bond motifs is 1. The number of hydrogen-bond acceptors (Lipinski definition) is 3. The predicted molar refractivity (Wildman–Crippen MR) is 146 cm³/mol. The van der Waals surface area contributed by atoms with Crippen LogP contribution in [0.4, 0.5) is 5.69 Å². The van der Waals surface area contributed by atoms with Gasteiger partial charge in [0.15, 0.2) is 0 Å². The fourth-order valence-electron chi connectivity index (χ4n) is 5.36. The molecular formula is C31H35N3O2. The minimum absolute atomic E-state index is 0.0799.